The van der Waals surface area contributed by atoms with Crippen molar-refractivity contribution >= 4 is 9.84 Å². The first-order chi connectivity index (χ1) is 5.72. The third-order valence-corrected chi connectivity index (χ3v) is 4.45. The van der Waals surface area contributed by atoms with Gasteiger partial charge in [-0.15, -0.1) is 0 Å². The molecule has 5 heteroatoms. The molecule has 1 saturated heterocycles. The Hall–Kier alpha value is -0.600. The molecule has 0 aromatic heterocycles. The van der Waals surface area contributed by atoms with E-state index in [9.17, 15) is 13.5 Å². The van der Waals surface area contributed by atoms with Crippen molar-refractivity contribution in [2.75, 3.05) is 11.5 Å². The van der Waals surface area contributed by atoms with E-state index in [0.717, 1.165) is 0 Å². The average Bonchev–Trinajstić information content (AvgIpc) is 2.26. The molecule has 1 heterocycles. The molecular formula is C8H13NO3S. The largest absolute Gasteiger partial charge is 0.389 e. The van der Waals surface area contributed by atoms with Gasteiger partial charge in [0.1, 0.15) is 5.41 Å². The van der Waals surface area contributed by atoms with Gasteiger partial charge in [-0.05, 0) is 20.3 Å². The summed E-state index contributed by atoms with van der Waals surface area (Å²) in [7, 11) is -3.13. The van der Waals surface area contributed by atoms with Gasteiger partial charge in [0.15, 0.2) is 9.84 Å². The summed E-state index contributed by atoms with van der Waals surface area (Å²) in [5, 5.41) is 18.6. The lowest BCUT2D eigenvalue weighted by Gasteiger charge is -2.32. The molecule has 0 saturated carbocycles. The van der Waals surface area contributed by atoms with Crippen LogP contribution in [0.2, 0.25) is 0 Å². The van der Waals surface area contributed by atoms with Crippen LogP contribution < -0.4 is 0 Å². The third kappa shape index (κ3) is 1.69. The normalized spacial score (nSPS) is 32.8. The van der Waals surface area contributed by atoms with Crippen molar-refractivity contribution in [3.63, 3.8) is 0 Å². The predicted octanol–water partition coefficient (Wildman–Crippen LogP) is 0.0858. The highest BCUT2D eigenvalue weighted by molar-refractivity contribution is 7.91. The zero-order valence-electron chi connectivity index (χ0n) is 7.74. The number of hydrogen-bond donors (Lipinski definition) is 1. The molecule has 0 radical (unpaired) electrons. The van der Waals surface area contributed by atoms with Gasteiger partial charge in [-0.2, -0.15) is 5.26 Å². The molecule has 1 aliphatic rings. The highest BCUT2D eigenvalue weighted by Crippen LogP contribution is 2.40. The highest BCUT2D eigenvalue weighted by atomic mass is 32.2. The molecule has 0 aliphatic carbocycles. The summed E-state index contributed by atoms with van der Waals surface area (Å²) in [6.45, 7) is 2.97. The Morgan fingerprint density at radius 2 is 2.08 bits per heavy atom. The molecule has 13 heavy (non-hydrogen) atoms. The Labute approximate surface area is 78.1 Å². The topological polar surface area (TPSA) is 78.2 Å². The summed E-state index contributed by atoms with van der Waals surface area (Å²) < 4.78 is 22.4. The minimum Gasteiger partial charge on any atom is -0.389 e. The second-order valence-electron chi connectivity index (χ2n) is 4.09. The van der Waals surface area contributed by atoms with E-state index >= 15 is 0 Å². The monoisotopic (exact) mass is 203 g/mol. The zero-order valence-corrected chi connectivity index (χ0v) is 8.56. The molecule has 0 aromatic carbocycles. The van der Waals surface area contributed by atoms with Crippen molar-refractivity contribution in [3.8, 4) is 6.07 Å². The quantitative estimate of drug-likeness (QED) is 0.655. The van der Waals surface area contributed by atoms with Gasteiger partial charge >= 0.3 is 0 Å². The fraction of sp³-hybridized carbons (Fsp3) is 0.875. The molecule has 1 unspecified atom stereocenters. The summed E-state index contributed by atoms with van der Waals surface area (Å²) in [6.07, 6.45) is 0.231. The van der Waals surface area contributed by atoms with Gasteiger partial charge < -0.3 is 5.11 Å². The van der Waals surface area contributed by atoms with Gasteiger partial charge in [0, 0.05) is 0 Å². The molecule has 74 valence electrons. The van der Waals surface area contributed by atoms with Crippen molar-refractivity contribution in [3.05, 3.63) is 0 Å². The van der Waals surface area contributed by atoms with Crippen LogP contribution in [0.4, 0.5) is 0 Å². The van der Waals surface area contributed by atoms with Crippen LogP contribution in [0.5, 0.6) is 0 Å². The van der Waals surface area contributed by atoms with Crippen molar-refractivity contribution in [1.29, 1.82) is 5.26 Å². The van der Waals surface area contributed by atoms with Crippen LogP contribution in [0.15, 0.2) is 0 Å². The Kier molecular flexibility index (Phi) is 2.17. The van der Waals surface area contributed by atoms with Gasteiger partial charge in [-0.3, -0.25) is 0 Å². The van der Waals surface area contributed by atoms with Crippen LogP contribution >= 0.6 is 0 Å². The first kappa shape index (κ1) is 10.5. The lowest BCUT2D eigenvalue weighted by atomic mass is 9.75. The number of aliphatic hydroxyl groups is 1. The van der Waals surface area contributed by atoms with E-state index in [-0.39, 0.29) is 17.9 Å². The summed E-state index contributed by atoms with van der Waals surface area (Å²) in [6, 6.07) is 1.94. The van der Waals surface area contributed by atoms with Gasteiger partial charge in [0.05, 0.1) is 23.2 Å². The first-order valence-corrected chi connectivity index (χ1v) is 5.89. The maximum absolute atomic E-state index is 11.2. The molecule has 1 N–H and O–H groups in total. The highest BCUT2D eigenvalue weighted by Gasteiger charge is 2.52. The fourth-order valence-corrected chi connectivity index (χ4v) is 3.67. The molecule has 4 nitrogen and oxygen atoms in total. The Bertz CT molecular complexity index is 347. The number of sulfone groups is 1. The molecular weight excluding hydrogens is 190 g/mol. The molecule has 1 aliphatic heterocycles. The average molecular weight is 203 g/mol. The van der Waals surface area contributed by atoms with Crippen molar-refractivity contribution in [2.24, 2.45) is 5.41 Å². The van der Waals surface area contributed by atoms with Gasteiger partial charge in [-0.1, -0.05) is 0 Å². The van der Waals surface area contributed by atoms with Crippen molar-refractivity contribution in [2.45, 2.75) is 25.9 Å². The van der Waals surface area contributed by atoms with E-state index < -0.39 is 20.9 Å². The predicted molar refractivity (Wildman–Crippen MR) is 47.6 cm³/mol. The minimum atomic E-state index is -3.13. The SMILES string of the molecule is CC(C)(O)C1(C#N)CCS(=O)(=O)C1. The second kappa shape index (κ2) is 2.69. The van der Waals surface area contributed by atoms with Crippen LogP contribution in [-0.2, 0) is 9.84 Å². The lowest BCUT2D eigenvalue weighted by molar-refractivity contribution is -0.00900. The smallest absolute Gasteiger partial charge is 0.152 e. The van der Waals surface area contributed by atoms with Crippen molar-refractivity contribution in [1.82, 2.24) is 0 Å². The third-order valence-electron chi connectivity index (χ3n) is 2.69. The number of rotatable bonds is 1. The first-order valence-electron chi connectivity index (χ1n) is 4.07. The van der Waals surface area contributed by atoms with E-state index in [0.29, 0.717) is 0 Å². The summed E-state index contributed by atoms with van der Waals surface area (Å²) in [5.74, 6) is -0.218. The Morgan fingerprint density at radius 3 is 2.23 bits per heavy atom. The van der Waals surface area contributed by atoms with Gasteiger partial charge in [0.2, 0.25) is 0 Å². The maximum Gasteiger partial charge on any atom is 0.152 e. The minimum absolute atomic E-state index is 0.00451. The number of nitrogens with zero attached hydrogens (tertiary/aromatic N) is 1. The Morgan fingerprint density at radius 1 is 1.54 bits per heavy atom. The molecule has 0 bridgehead atoms. The van der Waals surface area contributed by atoms with Crippen LogP contribution in [0.1, 0.15) is 20.3 Å². The van der Waals surface area contributed by atoms with E-state index in [1.807, 2.05) is 6.07 Å². The molecule has 1 fully saturated rings. The maximum atomic E-state index is 11.2. The van der Waals surface area contributed by atoms with E-state index in [4.69, 9.17) is 5.26 Å². The second-order valence-corrected chi connectivity index (χ2v) is 6.28. The van der Waals surface area contributed by atoms with E-state index in [1.165, 1.54) is 13.8 Å². The van der Waals surface area contributed by atoms with Crippen LogP contribution in [0.25, 0.3) is 0 Å². The van der Waals surface area contributed by atoms with Crippen LogP contribution in [0, 0.1) is 16.7 Å². The van der Waals surface area contributed by atoms with Crippen molar-refractivity contribution < 1.29 is 13.5 Å². The zero-order chi connectivity index (χ0) is 10.3. The molecule has 0 aromatic rings. The van der Waals surface area contributed by atoms with Gasteiger partial charge in [-0.25, -0.2) is 8.42 Å². The lowest BCUT2D eigenvalue weighted by Crippen LogP contribution is -2.43. The van der Waals surface area contributed by atoms with Crippen LogP contribution in [-0.4, -0.2) is 30.6 Å². The number of nitriles is 1. The van der Waals surface area contributed by atoms with Crippen LogP contribution in [0.3, 0.4) is 0 Å². The molecule has 0 spiro atoms. The van der Waals surface area contributed by atoms with E-state index in [1.54, 1.807) is 0 Å². The molecule has 0 amide bonds. The fourth-order valence-electron chi connectivity index (χ4n) is 1.56. The summed E-state index contributed by atoms with van der Waals surface area (Å²) >= 11 is 0. The van der Waals surface area contributed by atoms with E-state index in [2.05, 4.69) is 0 Å². The standard InChI is InChI=1S/C8H13NO3S/c1-7(2,10)8(5-9)3-4-13(11,12)6-8/h10H,3-4,6H2,1-2H3. The van der Waals surface area contributed by atoms with Gasteiger partial charge in [0.25, 0.3) is 0 Å². The molecule has 1 rings (SSSR count). The summed E-state index contributed by atoms with van der Waals surface area (Å²) in [5.41, 5.74) is -2.38. The Balaban J connectivity index is 3.10. The summed E-state index contributed by atoms with van der Waals surface area (Å²) in [4.78, 5) is 0. The molecule has 1 atom stereocenters. The number of hydrogen-bond acceptors (Lipinski definition) is 4.